The van der Waals surface area contributed by atoms with Gasteiger partial charge in [-0.25, -0.2) is 19.3 Å². The second kappa shape index (κ2) is 8.66. The van der Waals surface area contributed by atoms with Crippen LogP contribution in [0.4, 0.5) is 4.39 Å². The number of para-hydroxylation sites is 1. The molecule has 0 atom stereocenters. The fourth-order valence-electron chi connectivity index (χ4n) is 3.19. The van der Waals surface area contributed by atoms with E-state index in [1.807, 2.05) is 6.07 Å². The van der Waals surface area contributed by atoms with E-state index in [2.05, 4.69) is 22.1 Å². The highest BCUT2D eigenvalue weighted by molar-refractivity contribution is 7.98. The number of nitrogens with zero attached hydrogens (tertiary/aromatic N) is 4. The highest BCUT2D eigenvalue weighted by Gasteiger charge is 2.15. The molecule has 0 saturated heterocycles. The van der Waals surface area contributed by atoms with E-state index >= 15 is 0 Å². The van der Waals surface area contributed by atoms with Gasteiger partial charge in [0.2, 0.25) is 0 Å². The maximum Gasteiger partial charge on any atom is 0.343 e. The van der Waals surface area contributed by atoms with Crippen LogP contribution in [0.15, 0.2) is 63.3 Å². The Labute approximate surface area is 175 Å². The number of thioether (sulfide) groups is 1. The summed E-state index contributed by atoms with van der Waals surface area (Å²) in [6.45, 7) is 2.63. The first kappa shape index (κ1) is 20.1. The van der Waals surface area contributed by atoms with E-state index in [0.717, 1.165) is 12.8 Å². The van der Waals surface area contributed by atoms with Crippen LogP contribution in [0.2, 0.25) is 0 Å². The van der Waals surface area contributed by atoms with E-state index in [1.54, 1.807) is 34.9 Å². The number of H-pyrrole nitrogens is 1. The minimum absolute atomic E-state index is 0.229. The van der Waals surface area contributed by atoms with Crippen LogP contribution in [-0.2, 0) is 12.3 Å². The van der Waals surface area contributed by atoms with Crippen LogP contribution in [0.1, 0.15) is 25.6 Å². The number of benzene rings is 2. The first-order chi connectivity index (χ1) is 14.6. The summed E-state index contributed by atoms with van der Waals surface area (Å²) in [5.41, 5.74) is 0.629. The number of nitrogens with one attached hydrogen (secondary N) is 1. The Hall–Kier alpha value is -3.20. The predicted octanol–water partition coefficient (Wildman–Crippen LogP) is 3.50. The molecule has 2 aromatic heterocycles. The lowest BCUT2D eigenvalue weighted by Gasteiger charge is -2.13. The summed E-state index contributed by atoms with van der Waals surface area (Å²) < 4.78 is 16.5. The van der Waals surface area contributed by atoms with Gasteiger partial charge in [-0.15, -0.1) is 5.10 Å². The van der Waals surface area contributed by atoms with Gasteiger partial charge in [0.1, 0.15) is 11.6 Å². The average Bonchev–Trinajstić information content (AvgIpc) is 3.11. The van der Waals surface area contributed by atoms with Crippen molar-refractivity contribution in [2.24, 2.45) is 0 Å². The molecule has 0 amide bonds. The smallest absolute Gasteiger partial charge is 0.270 e. The molecule has 7 nitrogen and oxygen atoms in total. The van der Waals surface area contributed by atoms with Crippen molar-refractivity contribution in [3.05, 3.63) is 81.0 Å². The van der Waals surface area contributed by atoms with Gasteiger partial charge in [0.25, 0.3) is 5.56 Å². The Balaban J connectivity index is 1.77. The van der Waals surface area contributed by atoms with Crippen LogP contribution in [-0.4, -0.2) is 24.3 Å². The van der Waals surface area contributed by atoms with Crippen molar-refractivity contribution in [3.63, 3.8) is 0 Å². The summed E-state index contributed by atoms with van der Waals surface area (Å²) in [7, 11) is 0. The molecule has 4 rings (SSSR count). The normalized spacial score (nSPS) is 11.3. The third-order valence-electron chi connectivity index (χ3n) is 4.72. The minimum atomic E-state index is -0.382. The lowest BCUT2D eigenvalue weighted by atomic mass is 10.2. The zero-order valence-corrected chi connectivity index (χ0v) is 17.2. The zero-order chi connectivity index (χ0) is 21.1. The largest absolute Gasteiger partial charge is 0.343 e. The van der Waals surface area contributed by atoms with Crippen molar-refractivity contribution in [3.8, 4) is 5.69 Å². The fourth-order valence-corrected chi connectivity index (χ4v) is 4.08. The Morgan fingerprint density at radius 2 is 1.87 bits per heavy atom. The molecule has 0 fully saturated rings. The summed E-state index contributed by atoms with van der Waals surface area (Å²) in [5, 5.41) is 7.61. The molecule has 30 heavy (non-hydrogen) atoms. The van der Waals surface area contributed by atoms with E-state index in [1.165, 1.54) is 28.5 Å². The van der Waals surface area contributed by atoms with Crippen molar-refractivity contribution < 1.29 is 4.39 Å². The fraction of sp³-hybridized carbons (Fsp3) is 0.238. The highest BCUT2D eigenvalue weighted by Crippen LogP contribution is 2.22. The van der Waals surface area contributed by atoms with Crippen molar-refractivity contribution in [2.75, 3.05) is 0 Å². The molecule has 2 aromatic carbocycles. The lowest BCUT2D eigenvalue weighted by molar-refractivity contribution is 0.572. The predicted molar refractivity (Wildman–Crippen MR) is 115 cm³/mol. The third-order valence-corrected chi connectivity index (χ3v) is 5.69. The van der Waals surface area contributed by atoms with Crippen LogP contribution in [0, 0.1) is 5.82 Å². The Kier molecular flexibility index (Phi) is 5.80. The number of unbranched alkanes of at least 4 members (excludes halogenated alkanes) is 1. The topological polar surface area (TPSA) is 85.6 Å². The molecule has 0 saturated carbocycles. The summed E-state index contributed by atoms with van der Waals surface area (Å²) in [4.78, 5) is 29.9. The van der Waals surface area contributed by atoms with Gasteiger partial charge in [-0.1, -0.05) is 37.2 Å². The molecule has 2 heterocycles. The molecule has 9 heteroatoms. The molecular weight excluding hydrogens is 405 g/mol. The van der Waals surface area contributed by atoms with Gasteiger partial charge in [0, 0.05) is 6.54 Å². The molecule has 0 aliphatic rings. The summed E-state index contributed by atoms with van der Waals surface area (Å²) >= 11 is 1.32. The lowest BCUT2D eigenvalue weighted by Crippen LogP contribution is -2.23. The molecule has 0 aliphatic carbocycles. The number of aromatic amines is 1. The quantitative estimate of drug-likeness (QED) is 0.458. The summed E-state index contributed by atoms with van der Waals surface area (Å²) in [6, 6.07) is 12.8. The van der Waals surface area contributed by atoms with Crippen LogP contribution in [0.3, 0.4) is 0 Å². The first-order valence-electron chi connectivity index (χ1n) is 9.63. The molecule has 0 bridgehead atoms. The van der Waals surface area contributed by atoms with Gasteiger partial charge in [0.05, 0.1) is 22.3 Å². The van der Waals surface area contributed by atoms with Gasteiger partial charge in [-0.05, 0) is 42.8 Å². The van der Waals surface area contributed by atoms with Gasteiger partial charge < -0.3 is 0 Å². The van der Waals surface area contributed by atoms with E-state index < -0.39 is 0 Å². The maximum atomic E-state index is 13.4. The Morgan fingerprint density at radius 1 is 1.10 bits per heavy atom. The van der Waals surface area contributed by atoms with Crippen molar-refractivity contribution >= 4 is 22.7 Å². The van der Waals surface area contributed by atoms with E-state index in [9.17, 15) is 14.0 Å². The Bertz CT molecular complexity index is 1290. The molecule has 0 radical (unpaired) electrons. The number of hydrogen-bond donors (Lipinski definition) is 1. The molecule has 0 aliphatic heterocycles. The number of halogens is 1. The van der Waals surface area contributed by atoms with Gasteiger partial charge in [-0.2, -0.15) is 0 Å². The number of rotatable bonds is 7. The number of fused-ring (bicyclic) bond motifs is 1. The van der Waals surface area contributed by atoms with E-state index in [-0.39, 0.29) is 17.1 Å². The molecule has 1 N–H and O–H groups in total. The van der Waals surface area contributed by atoms with Crippen molar-refractivity contribution in [1.82, 2.24) is 24.3 Å². The van der Waals surface area contributed by atoms with E-state index in [0.29, 0.717) is 39.9 Å². The van der Waals surface area contributed by atoms with Crippen LogP contribution < -0.4 is 11.2 Å². The van der Waals surface area contributed by atoms with Gasteiger partial charge in [0.15, 0.2) is 5.16 Å². The second-order valence-corrected chi connectivity index (χ2v) is 7.71. The minimum Gasteiger partial charge on any atom is -0.270 e. The van der Waals surface area contributed by atoms with Gasteiger partial charge >= 0.3 is 5.69 Å². The summed E-state index contributed by atoms with van der Waals surface area (Å²) in [6.07, 6.45) is 1.82. The van der Waals surface area contributed by atoms with Gasteiger partial charge in [-0.3, -0.25) is 13.9 Å². The zero-order valence-electron chi connectivity index (χ0n) is 16.3. The molecule has 4 aromatic rings. The third kappa shape index (κ3) is 3.93. The number of aromatic nitrogens is 5. The van der Waals surface area contributed by atoms with Crippen molar-refractivity contribution in [2.45, 2.75) is 37.2 Å². The van der Waals surface area contributed by atoms with Crippen LogP contribution in [0.5, 0.6) is 0 Å². The molecular formula is C21H20FN5O2S. The van der Waals surface area contributed by atoms with E-state index in [4.69, 9.17) is 0 Å². The standard InChI is InChI=1S/C21H20FN5O2S/c1-2-3-12-26-20(29)24-25-21(26)30-13-18-23-17-7-5-4-6-16(17)19(28)27(18)15-10-8-14(22)9-11-15/h4-11H,2-3,12-13H2,1H3,(H,24,29). The second-order valence-electron chi connectivity index (χ2n) is 6.77. The average molecular weight is 425 g/mol. The molecule has 0 unspecified atom stereocenters. The highest BCUT2D eigenvalue weighted by atomic mass is 32.2. The molecule has 0 spiro atoms. The monoisotopic (exact) mass is 425 g/mol. The van der Waals surface area contributed by atoms with Crippen molar-refractivity contribution in [1.29, 1.82) is 0 Å². The summed E-state index contributed by atoms with van der Waals surface area (Å²) in [5.74, 6) is 0.425. The molecule has 154 valence electrons. The van der Waals surface area contributed by atoms with Crippen LogP contribution in [0.25, 0.3) is 16.6 Å². The SMILES string of the molecule is CCCCn1c(SCc2nc3ccccc3c(=O)n2-c2ccc(F)cc2)n[nH]c1=O. The van der Waals surface area contributed by atoms with Crippen LogP contribution >= 0.6 is 11.8 Å². The first-order valence-corrected chi connectivity index (χ1v) is 10.6. The Morgan fingerprint density at radius 3 is 2.63 bits per heavy atom. The number of hydrogen-bond acceptors (Lipinski definition) is 5. The maximum absolute atomic E-state index is 13.4.